The third-order valence-corrected chi connectivity index (χ3v) is 6.21. The molecular weight excluding hydrogens is 438 g/mol. The van der Waals surface area contributed by atoms with Crippen LogP contribution in [0.1, 0.15) is 74.4 Å². The Labute approximate surface area is 199 Å². The van der Waals surface area contributed by atoms with Crippen molar-refractivity contribution in [2.45, 2.75) is 71.9 Å². The molecule has 2 rings (SSSR count). The van der Waals surface area contributed by atoms with E-state index >= 15 is 0 Å². The number of rotatable bonds is 13. The Morgan fingerprint density at radius 1 is 0.970 bits per heavy atom. The number of nitrogens with zero attached hydrogens (tertiary/aromatic N) is 1. The zero-order valence-corrected chi connectivity index (χ0v) is 21.3. The Morgan fingerprint density at radius 2 is 1.64 bits per heavy atom. The Morgan fingerprint density at radius 3 is 2.21 bits per heavy atom. The molecule has 0 aliphatic rings. The molecular formula is C26H37NO5S. The molecule has 0 saturated carbocycles. The monoisotopic (exact) mass is 475 g/mol. The van der Waals surface area contributed by atoms with Crippen LogP contribution >= 0.6 is 0 Å². The first-order chi connectivity index (χ1) is 15.7. The van der Waals surface area contributed by atoms with Crippen molar-refractivity contribution < 1.29 is 22.1 Å². The van der Waals surface area contributed by atoms with Gasteiger partial charge >= 0.3 is 10.1 Å². The third kappa shape index (κ3) is 8.39. The minimum Gasteiger partial charge on any atom is -0.493 e. The second-order valence-corrected chi connectivity index (χ2v) is 10.0. The fraction of sp³-hybridized carbons (Fsp3) is 0.500. The number of benzene rings is 2. The van der Waals surface area contributed by atoms with Gasteiger partial charge in [-0.15, -0.1) is 0 Å². The number of hydrogen-bond donors (Lipinski definition) is 0. The maximum absolute atomic E-state index is 13.4. The van der Waals surface area contributed by atoms with Gasteiger partial charge in [-0.25, -0.2) is 0 Å². The van der Waals surface area contributed by atoms with Crippen LogP contribution < -0.4 is 8.92 Å². The normalized spacial score (nSPS) is 12.3. The van der Waals surface area contributed by atoms with E-state index in [9.17, 15) is 13.2 Å². The van der Waals surface area contributed by atoms with Gasteiger partial charge < -0.3 is 13.8 Å². The van der Waals surface area contributed by atoms with Crippen molar-refractivity contribution in [2.75, 3.05) is 13.4 Å². The second kappa shape index (κ2) is 12.6. The molecule has 7 heteroatoms. The summed E-state index contributed by atoms with van der Waals surface area (Å²) in [7, 11) is -2.26. The molecule has 0 aliphatic heterocycles. The van der Waals surface area contributed by atoms with Crippen molar-refractivity contribution in [3.63, 3.8) is 0 Å². The summed E-state index contributed by atoms with van der Waals surface area (Å²) in [6.45, 7) is 6.58. The van der Waals surface area contributed by atoms with Gasteiger partial charge in [-0.2, -0.15) is 8.42 Å². The molecule has 6 nitrogen and oxygen atoms in total. The summed E-state index contributed by atoms with van der Waals surface area (Å²) < 4.78 is 33.6. The largest absolute Gasteiger partial charge is 0.493 e. The molecule has 2 aromatic carbocycles. The van der Waals surface area contributed by atoms with E-state index in [1.807, 2.05) is 49.1 Å². The standard InChI is InChI=1S/C26H37NO5S/c1-6-8-9-10-11-21-12-15-23(16-13-21)26(28)27(20(3)7-2)19-22-14-17-24(31-4)25(18-22)32-33(5,29)30/h12-18,20H,6-11,19H2,1-5H3/t20-/m1/s1. The second-order valence-electron chi connectivity index (χ2n) is 8.47. The van der Waals surface area contributed by atoms with Gasteiger partial charge in [0.2, 0.25) is 0 Å². The number of carbonyl (C=O) groups excluding carboxylic acids is 1. The van der Waals surface area contributed by atoms with E-state index in [-0.39, 0.29) is 17.7 Å². The number of aryl methyl sites for hydroxylation is 1. The van der Waals surface area contributed by atoms with Gasteiger partial charge in [0.05, 0.1) is 13.4 Å². The van der Waals surface area contributed by atoms with Crippen LogP contribution in [-0.2, 0) is 23.1 Å². The smallest absolute Gasteiger partial charge is 0.306 e. The Hall–Kier alpha value is -2.54. The summed E-state index contributed by atoms with van der Waals surface area (Å²) in [6, 6.07) is 13.0. The lowest BCUT2D eigenvalue weighted by atomic mass is 10.0. The highest BCUT2D eigenvalue weighted by Gasteiger charge is 2.22. The number of methoxy groups -OCH3 is 1. The highest BCUT2D eigenvalue weighted by molar-refractivity contribution is 7.86. The molecule has 0 radical (unpaired) electrons. The molecule has 0 heterocycles. The summed E-state index contributed by atoms with van der Waals surface area (Å²) in [5, 5.41) is 0. The topological polar surface area (TPSA) is 72.9 Å². The average molecular weight is 476 g/mol. The lowest BCUT2D eigenvalue weighted by Crippen LogP contribution is -2.37. The maximum atomic E-state index is 13.4. The molecule has 0 unspecified atom stereocenters. The number of amides is 1. The SMILES string of the molecule is CCCCCCc1ccc(C(=O)N(Cc2ccc(OC)c(OS(C)(=O)=O)c2)[C@H](C)CC)cc1. The van der Waals surface area contributed by atoms with Crippen LogP contribution in [0.5, 0.6) is 11.5 Å². The van der Waals surface area contributed by atoms with Gasteiger partial charge in [-0.05, 0) is 61.6 Å². The van der Waals surface area contributed by atoms with Crippen molar-refractivity contribution >= 4 is 16.0 Å². The van der Waals surface area contributed by atoms with E-state index in [2.05, 4.69) is 6.92 Å². The van der Waals surface area contributed by atoms with Gasteiger partial charge in [0.25, 0.3) is 5.91 Å². The first-order valence-corrected chi connectivity index (χ1v) is 13.5. The Bertz CT molecular complexity index is 1000. The molecule has 33 heavy (non-hydrogen) atoms. The van der Waals surface area contributed by atoms with Crippen molar-refractivity contribution in [1.82, 2.24) is 4.90 Å². The van der Waals surface area contributed by atoms with Gasteiger partial charge in [0.15, 0.2) is 11.5 Å². The summed E-state index contributed by atoms with van der Waals surface area (Å²) in [6.07, 6.45) is 7.67. The zero-order valence-electron chi connectivity index (χ0n) is 20.5. The lowest BCUT2D eigenvalue weighted by molar-refractivity contribution is 0.0671. The molecule has 0 aliphatic carbocycles. The maximum Gasteiger partial charge on any atom is 0.306 e. The van der Waals surface area contributed by atoms with Gasteiger partial charge in [-0.1, -0.05) is 51.3 Å². The molecule has 0 saturated heterocycles. The van der Waals surface area contributed by atoms with Crippen LogP contribution in [0, 0.1) is 0 Å². The molecule has 182 valence electrons. The molecule has 1 atom stereocenters. The molecule has 0 N–H and O–H groups in total. The van der Waals surface area contributed by atoms with E-state index < -0.39 is 10.1 Å². The Balaban J connectivity index is 2.21. The zero-order chi connectivity index (χ0) is 24.4. The van der Waals surface area contributed by atoms with Gasteiger partial charge in [0, 0.05) is 18.2 Å². The van der Waals surface area contributed by atoms with Crippen LogP contribution in [0.3, 0.4) is 0 Å². The number of carbonyl (C=O) groups is 1. The molecule has 0 bridgehead atoms. The summed E-state index contributed by atoms with van der Waals surface area (Å²) in [5.74, 6) is 0.380. The van der Waals surface area contributed by atoms with Crippen LogP contribution in [0.15, 0.2) is 42.5 Å². The van der Waals surface area contributed by atoms with Crippen molar-refractivity contribution in [1.29, 1.82) is 0 Å². The van der Waals surface area contributed by atoms with Crippen molar-refractivity contribution in [3.8, 4) is 11.5 Å². The summed E-state index contributed by atoms with van der Waals surface area (Å²) >= 11 is 0. The van der Waals surface area contributed by atoms with E-state index in [4.69, 9.17) is 8.92 Å². The quantitative estimate of drug-likeness (QED) is 0.279. The van der Waals surface area contributed by atoms with E-state index in [1.165, 1.54) is 31.9 Å². The van der Waals surface area contributed by atoms with Crippen LogP contribution in [0.2, 0.25) is 0 Å². The minimum absolute atomic E-state index is 0.00704. The number of ether oxygens (including phenoxy) is 1. The van der Waals surface area contributed by atoms with Gasteiger partial charge in [-0.3, -0.25) is 4.79 Å². The van der Waals surface area contributed by atoms with Gasteiger partial charge in [0.1, 0.15) is 0 Å². The molecule has 0 aromatic heterocycles. The molecule has 0 fully saturated rings. The lowest BCUT2D eigenvalue weighted by Gasteiger charge is -2.29. The minimum atomic E-state index is -3.71. The predicted molar refractivity (Wildman–Crippen MR) is 132 cm³/mol. The van der Waals surface area contributed by atoms with E-state index in [1.54, 1.807) is 12.1 Å². The average Bonchev–Trinajstić information content (AvgIpc) is 2.79. The van der Waals surface area contributed by atoms with Crippen LogP contribution in [-0.4, -0.2) is 38.6 Å². The van der Waals surface area contributed by atoms with Crippen molar-refractivity contribution in [2.24, 2.45) is 0 Å². The highest BCUT2D eigenvalue weighted by Crippen LogP contribution is 2.30. The first-order valence-electron chi connectivity index (χ1n) is 11.6. The van der Waals surface area contributed by atoms with E-state index in [0.717, 1.165) is 31.1 Å². The summed E-state index contributed by atoms with van der Waals surface area (Å²) in [4.78, 5) is 15.2. The highest BCUT2D eigenvalue weighted by atomic mass is 32.2. The van der Waals surface area contributed by atoms with Crippen LogP contribution in [0.25, 0.3) is 0 Å². The summed E-state index contributed by atoms with van der Waals surface area (Å²) in [5.41, 5.74) is 2.65. The fourth-order valence-electron chi connectivity index (χ4n) is 3.63. The fourth-order valence-corrected chi connectivity index (χ4v) is 4.08. The first kappa shape index (κ1) is 26.7. The molecule has 0 spiro atoms. The number of unbranched alkanes of at least 4 members (excludes halogenated alkanes) is 3. The Kier molecular flexibility index (Phi) is 10.2. The van der Waals surface area contributed by atoms with Crippen molar-refractivity contribution in [3.05, 3.63) is 59.2 Å². The molecule has 1 amide bonds. The van der Waals surface area contributed by atoms with E-state index in [0.29, 0.717) is 17.9 Å². The third-order valence-electron chi connectivity index (χ3n) is 5.73. The predicted octanol–water partition coefficient (Wildman–Crippen LogP) is 5.60. The molecule has 2 aromatic rings. The number of hydrogen-bond acceptors (Lipinski definition) is 5. The van der Waals surface area contributed by atoms with Crippen LogP contribution in [0.4, 0.5) is 0 Å².